The molecule has 2 N–H and O–H groups in total. The minimum absolute atomic E-state index is 0.172. The first kappa shape index (κ1) is 21.8. The van der Waals surface area contributed by atoms with Gasteiger partial charge in [0.25, 0.3) is 5.91 Å². The standard InChI is InChI=1S/C22H27N3O4S/c1-5-25-13(3)16(19(14(25)4)22(28)29-6-2)9-10-18(26)24-21-17(11-12-30-21)20(27)23-15-7-8-15/h9-12,15H,5-8H2,1-4H3,(H,23,27)(H,24,26). The molecule has 1 saturated carbocycles. The lowest BCUT2D eigenvalue weighted by Gasteiger charge is -2.05. The predicted molar refractivity (Wildman–Crippen MR) is 118 cm³/mol. The van der Waals surface area contributed by atoms with Crippen molar-refractivity contribution in [3.63, 3.8) is 0 Å². The van der Waals surface area contributed by atoms with Gasteiger partial charge < -0.3 is 19.9 Å². The molecule has 0 radical (unpaired) electrons. The zero-order chi connectivity index (χ0) is 21.8. The molecule has 2 amide bonds. The van der Waals surface area contributed by atoms with Gasteiger partial charge in [0.15, 0.2) is 0 Å². The highest BCUT2D eigenvalue weighted by Gasteiger charge is 2.26. The molecule has 3 rings (SSSR count). The molecule has 2 heterocycles. The molecule has 0 spiro atoms. The van der Waals surface area contributed by atoms with Crippen LogP contribution in [0.15, 0.2) is 17.5 Å². The minimum Gasteiger partial charge on any atom is -0.462 e. The van der Waals surface area contributed by atoms with Crippen molar-refractivity contribution in [2.45, 2.75) is 53.1 Å². The number of nitrogens with one attached hydrogen (secondary N) is 2. The van der Waals surface area contributed by atoms with Gasteiger partial charge in [-0.2, -0.15) is 0 Å². The monoisotopic (exact) mass is 429 g/mol. The molecule has 0 aromatic carbocycles. The van der Waals surface area contributed by atoms with Crippen molar-refractivity contribution in [2.75, 3.05) is 11.9 Å². The number of esters is 1. The summed E-state index contributed by atoms with van der Waals surface area (Å²) in [4.78, 5) is 37.3. The topological polar surface area (TPSA) is 89.4 Å². The lowest BCUT2D eigenvalue weighted by Crippen LogP contribution is -2.26. The highest BCUT2D eigenvalue weighted by Crippen LogP contribution is 2.27. The van der Waals surface area contributed by atoms with Crippen LogP contribution >= 0.6 is 11.3 Å². The lowest BCUT2D eigenvalue weighted by atomic mass is 10.1. The first-order chi connectivity index (χ1) is 14.4. The van der Waals surface area contributed by atoms with Gasteiger partial charge in [0, 0.05) is 35.6 Å². The summed E-state index contributed by atoms with van der Waals surface area (Å²) in [5.74, 6) is -0.939. The molecule has 7 nitrogen and oxygen atoms in total. The van der Waals surface area contributed by atoms with E-state index in [4.69, 9.17) is 4.74 Å². The summed E-state index contributed by atoms with van der Waals surface area (Å²) < 4.78 is 7.22. The third kappa shape index (κ3) is 4.64. The van der Waals surface area contributed by atoms with E-state index in [2.05, 4.69) is 10.6 Å². The Bertz CT molecular complexity index is 998. The molecule has 2 aromatic rings. The van der Waals surface area contributed by atoms with Crippen LogP contribution in [-0.4, -0.2) is 35.0 Å². The third-order valence-electron chi connectivity index (χ3n) is 5.09. The van der Waals surface area contributed by atoms with E-state index >= 15 is 0 Å². The quantitative estimate of drug-likeness (QED) is 0.492. The van der Waals surface area contributed by atoms with Gasteiger partial charge in [-0.1, -0.05) is 0 Å². The van der Waals surface area contributed by atoms with Crippen molar-refractivity contribution in [3.05, 3.63) is 45.6 Å². The molecular formula is C22H27N3O4S. The zero-order valence-electron chi connectivity index (χ0n) is 17.7. The third-order valence-corrected chi connectivity index (χ3v) is 5.92. The Morgan fingerprint density at radius 3 is 2.60 bits per heavy atom. The second kappa shape index (κ2) is 9.30. The number of carbonyl (C=O) groups excluding carboxylic acids is 3. The number of aromatic nitrogens is 1. The molecule has 0 atom stereocenters. The summed E-state index contributed by atoms with van der Waals surface area (Å²) in [5.41, 5.74) is 3.31. The van der Waals surface area contributed by atoms with E-state index in [9.17, 15) is 14.4 Å². The molecule has 1 aliphatic carbocycles. The summed E-state index contributed by atoms with van der Waals surface area (Å²) in [6.45, 7) is 8.53. The number of anilines is 1. The van der Waals surface area contributed by atoms with Gasteiger partial charge in [0.2, 0.25) is 5.91 Å². The van der Waals surface area contributed by atoms with Crippen LogP contribution in [0.5, 0.6) is 0 Å². The fourth-order valence-electron chi connectivity index (χ4n) is 3.44. The Kier molecular flexibility index (Phi) is 6.77. The van der Waals surface area contributed by atoms with E-state index < -0.39 is 5.97 Å². The summed E-state index contributed by atoms with van der Waals surface area (Å²) in [5, 5.41) is 7.98. The van der Waals surface area contributed by atoms with E-state index in [0.29, 0.717) is 28.2 Å². The van der Waals surface area contributed by atoms with Crippen molar-refractivity contribution in [1.29, 1.82) is 0 Å². The van der Waals surface area contributed by atoms with Crippen LogP contribution in [0, 0.1) is 13.8 Å². The molecular weight excluding hydrogens is 402 g/mol. The Labute approximate surface area is 180 Å². The molecule has 1 aliphatic rings. The number of hydrogen-bond donors (Lipinski definition) is 2. The number of amides is 2. The maximum absolute atomic E-state index is 12.5. The van der Waals surface area contributed by atoms with E-state index in [1.165, 1.54) is 17.4 Å². The summed E-state index contributed by atoms with van der Waals surface area (Å²) in [6, 6.07) is 1.95. The predicted octanol–water partition coefficient (Wildman–Crippen LogP) is 3.91. The second-order valence-electron chi connectivity index (χ2n) is 7.16. The maximum Gasteiger partial charge on any atom is 0.340 e. The second-order valence-corrected chi connectivity index (χ2v) is 8.07. The van der Waals surface area contributed by atoms with Gasteiger partial charge in [-0.15, -0.1) is 11.3 Å². The lowest BCUT2D eigenvalue weighted by molar-refractivity contribution is -0.111. The van der Waals surface area contributed by atoms with Crippen molar-refractivity contribution >= 4 is 40.2 Å². The number of ether oxygens (including phenoxy) is 1. The summed E-state index contributed by atoms with van der Waals surface area (Å²) in [7, 11) is 0. The molecule has 0 bridgehead atoms. The van der Waals surface area contributed by atoms with Crippen LogP contribution < -0.4 is 10.6 Å². The van der Waals surface area contributed by atoms with E-state index in [-0.39, 0.29) is 24.5 Å². The zero-order valence-corrected chi connectivity index (χ0v) is 18.5. The molecule has 8 heteroatoms. The first-order valence-corrected chi connectivity index (χ1v) is 11.0. The summed E-state index contributed by atoms with van der Waals surface area (Å²) >= 11 is 1.30. The number of nitrogens with zero attached hydrogens (tertiary/aromatic N) is 1. The van der Waals surface area contributed by atoms with Crippen LogP contribution in [-0.2, 0) is 16.1 Å². The average molecular weight is 430 g/mol. The smallest absolute Gasteiger partial charge is 0.340 e. The molecule has 0 aliphatic heterocycles. The van der Waals surface area contributed by atoms with E-state index in [0.717, 1.165) is 24.2 Å². The SMILES string of the molecule is CCOC(=O)c1c(C=CC(=O)Nc2sccc2C(=O)NC2CC2)c(C)n(CC)c1C. The van der Waals surface area contributed by atoms with Gasteiger partial charge >= 0.3 is 5.97 Å². The minimum atomic E-state index is -0.400. The Balaban J connectivity index is 1.79. The maximum atomic E-state index is 12.5. The molecule has 0 saturated heterocycles. The van der Waals surface area contributed by atoms with E-state index in [1.807, 2.05) is 25.3 Å². The number of carbonyl (C=O) groups is 3. The van der Waals surface area contributed by atoms with Crippen LogP contribution in [0.25, 0.3) is 6.08 Å². The van der Waals surface area contributed by atoms with Crippen molar-refractivity contribution in [1.82, 2.24) is 9.88 Å². The normalized spacial score (nSPS) is 13.5. The number of hydrogen-bond acceptors (Lipinski definition) is 5. The number of rotatable bonds is 8. The van der Waals surface area contributed by atoms with Crippen LogP contribution in [0.4, 0.5) is 5.00 Å². The van der Waals surface area contributed by atoms with Crippen molar-refractivity contribution in [3.8, 4) is 0 Å². The summed E-state index contributed by atoms with van der Waals surface area (Å²) in [6.07, 6.45) is 5.01. The molecule has 1 fully saturated rings. The first-order valence-electron chi connectivity index (χ1n) is 10.1. The molecule has 0 unspecified atom stereocenters. The van der Waals surface area contributed by atoms with Crippen molar-refractivity contribution < 1.29 is 19.1 Å². The average Bonchev–Trinajstić information content (AvgIpc) is 3.32. The van der Waals surface area contributed by atoms with Gasteiger partial charge in [0.1, 0.15) is 5.00 Å². The van der Waals surface area contributed by atoms with Gasteiger partial charge in [-0.3, -0.25) is 9.59 Å². The number of thiophene rings is 1. The van der Waals surface area contributed by atoms with Gasteiger partial charge in [-0.25, -0.2) is 4.79 Å². The van der Waals surface area contributed by atoms with Crippen LogP contribution in [0.2, 0.25) is 0 Å². The Hall–Kier alpha value is -2.87. The van der Waals surface area contributed by atoms with Crippen LogP contribution in [0.3, 0.4) is 0 Å². The fourth-order valence-corrected chi connectivity index (χ4v) is 4.22. The fraction of sp³-hybridized carbons (Fsp3) is 0.409. The van der Waals surface area contributed by atoms with E-state index in [1.54, 1.807) is 24.4 Å². The highest BCUT2D eigenvalue weighted by molar-refractivity contribution is 7.14. The molecule has 30 heavy (non-hydrogen) atoms. The molecule has 2 aromatic heterocycles. The Morgan fingerprint density at radius 1 is 1.23 bits per heavy atom. The Morgan fingerprint density at radius 2 is 1.97 bits per heavy atom. The molecule has 160 valence electrons. The highest BCUT2D eigenvalue weighted by atomic mass is 32.1. The van der Waals surface area contributed by atoms with Crippen LogP contribution in [0.1, 0.15) is 64.4 Å². The van der Waals surface area contributed by atoms with Gasteiger partial charge in [-0.05, 0) is 58.1 Å². The largest absolute Gasteiger partial charge is 0.462 e. The van der Waals surface area contributed by atoms with Gasteiger partial charge in [0.05, 0.1) is 17.7 Å². The van der Waals surface area contributed by atoms with Crippen molar-refractivity contribution in [2.24, 2.45) is 0 Å².